The van der Waals surface area contributed by atoms with Gasteiger partial charge in [0.05, 0.1) is 0 Å². The molecule has 2 N–H and O–H groups in total. The SMILES string of the molecule is CCN(CC)CCNC(=O)C(=Cc1ccc(OC(C)=O)cc1)NC(C)=O. The minimum absolute atomic E-state index is 0.164. The van der Waals surface area contributed by atoms with Crippen molar-refractivity contribution in [3.8, 4) is 5.75 Å². The van der Waals surface area contributed by atoms with Crippen molar-refractivity contribution < 1.29 is 19.1 Å². The maximum Gasteiger partial charge on any atom is 0.308 e. The third kappa shape index (κ3) is 7.94. The van der Waals surface area contributed by atoms with Crippen LogP contribution in [0.3, 0.4) is 0 Å². The predicted molar refractivity (Wildman–Crippen MR) is 100 cm³/mol. The van der Waals surface area contributed by atoms with Crippen LogP contribution in [0.15, 0.2) is 30.0 Å². The fourth-order valence-electron chi connectivity index (χ4n) is 2.28. The van der Waals surface area contributed by atoms with Crippen LogP contribution in [-0.2, 0) is 14.4 Å². The Morgan fingerprint density at radius 1 is 1.08 bits per heavy atom. The molecule has 0 bridgehead atoms. The summed E-state index contributed by atoms with van der Waals surface area (Å²) in [4.78, 5) is 36.9. The molecule has 0 saturated heterocycles. The highest BCUT2D eigenvalue weighted by Gasteiger charge is 2.11. The molecule has 0 aliphatic heterocycles. The van der Waals surface area contributed by atoms with E-state index in [0.717, 1.165) is 19.6 Å². The van der Waals surface area contributed by atoms with E-state index in [1.807, 2.05) is 0 Å². The Balaban J connectivity index is 2.81. The summed E-state index contributed by atoms with van der Waals surface area (Å²) in [5, 5.41) is 5.36. The molecular formula is C19H27N3O4. The Morgan fingerprint density at radius 2 is 1.69 bits per heavy atom. The van der Waals surface area contributed by atoms with Gasteiger partial charge in [-0.15, -0.1) is 0 Å². The van der Waals surface area contributed by atoms with Gasteiger partial charge in [-0.3, -0.25) is 14.4 Å². The van der Waals surface area contributed by atoms with E-state index in [9.17, 15) is 14.4 Å². The molecule has 142 valence electrons. The molecule has 0 spiro atoms. The molecule has 1 aromatic rings. The number of amides is 2. The maximum atomic E-state index is 12.4. The average molecular weight is 361 g/mol. The number of rotatable bonds is 9. The lowest BCUT2D eigenvalue weighted by molar-refractivity contribution is -0.131. The van der Waals surface area contributed by atoms with E-state index in [0.29, 0.717) is 17.9 Å². The summed E-state index contributed by atoms with van der Waals surface area (Å²) in [6.07, 6.45) is 1.58. The van der Waals surface area contributed by atoms with Gasteiger partial charge in [-0.05, 0) is 36.9 Å². The first-order valence-corrected chi connectivity index (χ1v) is 8.64. The number of esters is 1. The van der Waals surface area contributed by atoms with E-state index in [1.165, 1.54) is 13.8 Å². The van der Waals surface area contributed by atoms with Crippen molar-refractivity contribution in [2.75, 3.05) is 26.2 Å². The van der Waals surface area contributed by atoms with Crippen molar-refractivity contribution >= 4 is 23.9 Å². The van der Waals surface area contributed by atoms with Crippen molar-refractivity contribution in [3.63, 3.8) is 0 Å². The van der Waals surface area contributed by atoms with Crippen LogP contribution < -0.4 is 15.4 Å². The second-order valence-electron chi connectivity index (χ2n) is 5.68. The van der Waals surface area contributed by atoms with Crippen LogP contribution in [0.4, 0.5) is 0 Å². The van der Waals surface area contributed by atoms with Crippen molar-refractivity contribution in [1.29, 1.82) is 0 Å². The molecule has 1 aromatic carbocycles. The Morgan fingerprint density at radius 3 is 2.19 bits per heavy atom. The molecule has 0 unspecified atom stereocenters. The molecule has 7 nitrogen and oxygen atoms in total. The largest absolute Gasteiger partial charge is 0.427 e. The van der Waals surface area contributed by atoms with E-state index in [2.05, 4.69) is 29.4 Å². The lowest BCUT2D eigenvalue weighted by Gasteiger charge is -2.18. The van der Waals surface area contributed by atoms with Gasteiger partial charge in [0.1, 0.15) is 11.4 Å². The number of benzene rings is 1. The second kappa shape index (κ2) is 11.0. The maximum absolute atomic E-state index is 12.4. The lowest BCUT2D eigenvalue weighted by Crippen LogP contribution is -2.38. The molecule has 0 atom stereocenters. The number of carbonyl (C=O) groups excluding carboxylic acids is 3. The fourth-order valence-corrected chi connectivity index (χ4v) is 2.28. The number of likely N-dealkylation sites (N-methyl/N-ethyl adjacent to an activating group) is 1. The molecule has 1 rings (SSSR count). The number of hydrogen-bond acceptors (Lipinski definition) is 5. The van der Waals surface area contributed by atoms with Crippen molar-refractivity contribution in [1.82, 2.24) is 15.5 Å². The first-order valence-electron chi connectivity index (χ1n) is 8.64. The van der Waals surface area contributed by atoms with Gasteiger partial charge in [-0.2, -0.15) is 0 Å². The minimum atomic E-state index is -0.403. The Bertz CT molecular complexity index is 649. The summed E-state index contributed by atoms with van der Waals surface area (Å²) < 4.78 is 4.97. The monoisotopic (exact) mass is 361 g/mol. The Labute approximate surface area is 154 Å². The highest BCUT2D eigenvalue weighted by Crippen LogP contribution is 2.14. The van der Waals surface area contributed by atoms with E-state index in [-0.39, 0.29) is 17.5 Å². The van der Waals surface area contributed by atoms with E-state index >= 15 is 0 Å². The summed E-state index contributed by atoms with van der Waals surface area (Å²) in [6, 6.07) is 6.64. The zero-order valence-electron chi connectivity index (χ0n) is 15.8. The summed E-state index contributed by atoms with van der Waals surface area (Å²) in [5.74, 6) is -0.665. The van der Waals surface area contributed by atoms with Gasteiger partial charge < -0.3 is 20.3 Å². The van der Waals surface area contributed by atoms with Crippen LogP contribution >= 0.6 is 0 Å². The van der Waals surface area contributed by atoms with Crippen molar-refractivity contribution in [2.24, 2.45) is 0 Å². The fraction of sp³-hybridized carbons (Fsp3) is 0.421. The Hall–Kier alpha value is -2.67. The van der Waals surface area contributed by atoms with Crippen molar-refractivity contribution in [2.45, 2.75) is 27.7 Å². The van der Waals surface area contributed by atoms with Crippen LogP contribution in [0.2, 0.25) is 0 Å². The second-order valence-corrected chi connectivity index (χ2v) is 5.68. The zero-order chi connectivity index (χ0) is 19.5. The molecule has 26 heavy (non-hydrogen) atoms. The molecule has 7 heteroatoms. The van der Waals surface area contributed by atoms with Crippen molar-refractivity contribution in [3.05, 3.63) is 35.5 Å². The number of nitrogens with one attached hydrogen (secondary N) is 2. The summed E-state index contributed by atoms with van der Waals surface area (Å²) in [7, 11) is 0. The van der Waals surface area contributed by atoms with Gasteiger partial charge in [0.15, 0.2) is 0 Å². The van der Waals surface area contributed by atoms with Gasteiger partial charge in [-0.25, -0.2) is 0 Å². The third-order valence-electron chi connectivity index (χ3n) is 3.62. The molecular weight excluding hydrogens is 334 g/mol. The number of ether oxygens (including phenoxy) is 1. The highest BCUT2D eigenvalue weighted by molar-refractivity contribution is 6.00. The van der Waals surface area contributed by atoms with E-state index < -0.39 is 5.97 Å². The van der Waals surface area contributed by atoms with Gasteiger partial charge in [0.25, 0.3) is 5.91 Å². The smallest absolute Gasteiger partial charge is 0.308 e. The molecule has 0 fully saturated rings. The molecule has 0 aliphatic carbocycles. The standard InChI is InChI=1S/C19H27N3O4/c1-5-22(6-2)12-11-20-19(25)18(21-14(3)23)13-16-7-9-17(10-8-16)26-15(4)24/h7-10,13H,5-6,11-12H2,1-4H3,(H,20,25)(H,21,23). The topological polar surface area (TPSA) is 87.7 Å². The third-order valence-corrected chi connectivity index (χ3v) is 3.62. The quantitative estimate of drug-likeness (QED) is 0.396. The van der Waals surface area contributed by atoms with E-state index in [1.54, 1.807) is 30.3 Å². The van der Waals surface area contributed by atoms with Crippen LogP contribution in [-0.4, -0.2) is 48.9 Å². The highest BCUT2D eigenvalue weighted by atomic mass is 16.5. The van der Waals surface area contributed by atoms with Crippen LogP contribution in [0.25, 0.3) is 6.08 Å². The Kier molecular flexibility index (Phi) is 9.08. The average Bonchev–Trinajstić information content (AvgIpc) is 2.58. The summed E-state index contributed by atoms with van der Waals surface area (Å²) in [6.45, 7) is 9.85. The molecule has 0 saturated carbocycles. The predicted octanol–water partition coefficient (Wildman–Crippen LogP) is 1.55. The van der Waals surface area contributed by atoms with E-state index in [4.69, 9.17) is 4.74 Å². The van der Waals surface area contributed by atoms with Gasteiger partial charge in [-0.1, -0.05) is 26.0 Å². The van der Waals surface area contributed by atoms with Gasteiger partial charge in [0, 0.05) is 26.9 Å². The molecule has 2 amide bonds. The van der Waals surface area contributed by atoms with Crippen LogP contribution in [0.5, 0.6) is 5.75 Å². The van der Waals surface area contributed by atoms with Crippen LogP contribution in [0.1, 0.15) is 33.3 Å². The first kappa shape index (κ1) is 21.4. The van der Waals surface area contributed by atoms with Gasteiger partial charge in [0.2, 0.25) is 5.91 Å². The number of carbonyl (C=O) groups is 3. The van der Waals surface area contributed by atoms with Gasteiger partial charge >= 0.3 is 5.97 Å². The minimum Gasteiger partial charge on any atom is -0.427 e. The molecule has 0 aromatic heterocycles. The summed E-state index contributed by atoms with van der Waals surface area (Å²) in [5.41, 5.74) is 0.862. The first-order chi connectivity index (χ1) is 12.3. The lowest BCUT2D eigenvalue weighted by atomic mass is 10.1. The normalized spacial score (nSPS) is 11.2. The van der Waals surface area contributed by atoms with Crippen LogP contribution in [0, 0.1) is 0 Å². The summed E-state index contributed by atoms with van der Waals surface area (Å²) >= 11 is 0. The number of hydrogen-bond donors (Lipinski definition) is 2. The number of nitrogens with zero attached hydrogens (tertiary/aromatic N) is 1. The molecule has 0 radical (unpaired) electrons. The molecule has 0 aliphatic rings. The molecule has 0 heterocycles. The zero-order valence-corrected chi connectivity index (χ0v) is 15.8.